The summed E-state index contributed by atoms with van der Waals surface area (Å²) in [4.78, 5) is 25.2. The second-order valence-corrected chi connectivity index (χ2v) is 6.58. The van der Waals surface area contributed by atoms with E-state index in [4.69, 9.17) is 9.84 Å². The van der Waals surface area contributed by atoms with Gasteiger partial charge in [-0.15, -0.1) is 0 Å². The van der Waals surface area contributed by atoms with E-state index in [2.05, 4.69) is 0 Å². The van der Waals surface area contributed by atoms with E-state index in [1.54, 1.807) is 18.2 Å². The third-order valence-corrected chi connectivity index (χ3v) is 4.13. The van der Waals surface area contributed by atoms with E-state index in [1.165, 1.54) is 0 Å². The molecule has 1 aliphatic rings. The Hall–Kier alpha value is -2.04. The molecule has 126 valence electrons. The molecule has 1 saturated heterocycles. The largest absolute Gasteiger partial charge is 0.491 e. The minimum atomic E-state index is -0.944. The van der Waals surface area contributed by atoms with Crippen LogP contribution in [0.5, 0.6) is 5.75 Å². The number of hydrogen-bond donors (Lipinski definition) is 1. The number of aromatic carboxylic acids is 1. The van der Waals surface area contributed by atoms with E-state index in [9.17, 15) is 9.59 Å². The standard InChI is InChI=1S/C18H25NO4/c1-12(2)9-17(20)19-8-4-5-15(19)11-23-16-7-6-14(18(21)22)10-13(16)3/h6-7,10,12,15H,4-5,8-9,11H2,1-3H3,(H,21,22)/t15-/m0/s1. The minimum absolute atomic E-state index is 0.111. The topological polar surface area (TPSA) is 66.8 Å². The van der Waals surface area contributed by atoms with Crippen LogP contribution < -0.4 is 4.74 Å². The first-order chi connectivity index (χ1) is 10.9. The molecule has 0 aromatic heterocycles. The van der Waals surface area contributed by atoms with Crippen molar-refractivity contribution in [3.05, 3.63) is 29.3 Å². The number of nitrogens with zero attached hydrogens (tertiary/aromatic N) is 1. The Labute approximate surface area is 137 Å². The van der Waals surface area contributed by atoms with Crippen LogP contribution in [0.15, 0.2) is 18.2 Å². The number of carbonyl (C=O) groups excluding carboxylic acids is 1. The molecule has 0 bridgehead atoms. The molecular formula is C18H25NO4. The van der Waals surface area contributed by atoms with Crippen LogP contribution in [0, 0.1) is 12.8 Å². The molecule has 1 aliphatic heterocycles. The number of hydrogen-bond acceptors (Lipinski definition) is 3. The Bertz CT molecular complexity index is 582. The van der Waals surface area contributed by atoms with Crippen molar-refractivity contribution in [2.45, 2.75) is 46.1 Å². The summed E-state index contributed by atoms with van der Waals surface area (Å²) < 4.78 is 5.85. The zero-order chi connectivity index (χ0) is 17.0. The van der Waals surface area contributed by atoms with Gasteiger partial charge in [0.15, 0.2) is 0 Å². The van der Waals surface area contributed by atoms with Crippen molar-refractivity contribution in [1.29, 1.82) is 0 Å². The maximum absolute atomic E-state index is 12.3. The van der Waals surface area contributed by atoms with Gasteiger partial charge in [0, 0.05) is 13.0 Å². The Morgan fingerprint density at radius 2 is 2.13 bits per heavy atom. The molecular weight excluding hydrogens is 294 g/mol. The van der Waals surface area contributed by atoms with Crippen LogP contribution in [0.4, 0.5) is 0 Å². The van der Waals surface area contributed by atoms with Crippen molar-refractivity contribution in [1.82, 2.24) is 4.90 Å². The SMILES string of the molecule is Cc1cc(C(=O)O)ccc1OC[C@@H]1CCCN1C(=O)CC(C)C. The molecule has 1 aromatic carbocycles. The first-order valence-corrected chi connectivity index (χ1v) is 8.14. The Morgan fingerprint density at radius 3 is 2.74 bits per heavy atom. The lowest BCUT2D eigenvalue weighted by molar-refractivity contribution is -0.133. The van der Waals surface area contributed by atoms with Gasteiger partial charge in [0.2, 0.25) is 5.91 Å². The van der Waals surface area contributed by atoms with Crippen LogP contribution in [-0.2, 0) is 4.79 Å². The van der Waals surface area contributed by atoms with Crippen molar-refractivity contribution >= 4 is 11.9 Å². The van der Waals surface area contributed by atoms with E-state index in [0.717, 1.165) is 24.9 Å². The van der Waals surface area contributed by atoms with Crippen molar-refractivity contribution < 1.29 is 19.4 Å². The number of benzene rings is 1. The van der Waals surface area contributed by atoms with Crippen molar-refractivity contribution in [2.75, 3.05) is 13.2 Å². The van der Waals surface area contributed by atoms with Crippen LogP contribution in [0.2, 0.25) is 0 Å². The zero-order valence-corrected chi connectivity index (χ0v) is 14.0. The minimum Gasteiger partial charge on any atom is -0.491 e. The third-order valence-electron chi connectivity index (χ3n) is 4.13. The van der Waals surface area contributed by atoms with E-state index < -0.39 is 5.97 Å². The summed E-state index contributed by atoms with van der Waals surface area (Å²) in [5, 5.41) is 8.99. The molecule has 1 aromatic rings. The summed E-state index contributed by atoms with van der Waals surface area (Å²) in [5.74, 6) is 0.290. The molecule has 0 aliphatic carbocycles. The van der Waals surface area contributed by atoms with Crippen LogP contribution in [0.3, 0.4) is 0 Å². The molecule has 2 rings (SSSR count). The van der Waals surface area contributed by atoms with Crippen LogP contribution >= 0.6 is 0 Å². The van der Waals surface area contributed by atoms with Gasteiger partial charge in [-0.05, 0) is 49.4 Å². The average molecular weight is 319 g/mol. The van der Waals surface area contributed by atoms with Crippen molar-refractivity contribution in [3.63, 3.8) is 0 Å². The highest BCUT2D eigenvalue weighted by molar-refractivity contribution is 5.88. The quantitative estimate of drug-likeness (QED) is 0.875. The maximum atomic E-state index is 12.3. The van der Waals surface area contributed by atoms with Gasteiger partial charge in [-0.3, -0.25) is 4.79 Å². The lowest BCUT2D eigenvalue weighted by Crippen LogP contribution is -2.39. The summed E-state index contributed by atoms with van der Waals surface area (Å²) in [6.07, 6.45) is 2.54. The van der Waals surface area contributed by atoms with Crippen molar-refractivity contribution in [3.8, 4) is 5.75 Å². The highest BCUT2D eigenvalue weighted by Gasteiger charge is 2.29. The van der Waals surface area contributed by atoms with Gasteiger partial charge < -0.3 is 14.7 Å². The van der Waals surface area contributed by atoms with Crippen LogP contribution in [0.25, 0.3) is 0 Å². The molecule has 5 heteroatoms. The number of amides is 1. The fourth-order valence-corrected chi connectivity index (χ4v) is 2.93. The fourth-order valence-electron chi connectivity index (χ4n) is 2.93. The van der Waals surface area contributed by atoms with Gasteiger partial charge in [0.1, 0.15) is 12.4 Å². The molecule has 1 amide bonds. The van der Waals surface area contributed by atoms with Gasteiger partial charge >= 0.3 is 5.97 Å². The molecule has 1 heterocycles. The number of carboxylic acids is 1. The Balaban J connectivity index is 1.97. The number of likely N-dealkylation sites (tertiary alicyclic amines) is 1. The number of rotatable bonds is 6. The highest BCUT2D eigenvalue weighted by Crippen LogP contribution is 2.23. The second-order valence-electron chi connectivity index (χ2n) is 6.58. The summed E-state index contributed by atoms with van der Waals surface area (Å²) in [6.45, 7) is 7.19. The van der Waals surface area contributed by atoms with Crippen LogP contribution in [-0.4, -0.2) is 41.1 Å². The van der Waals surface area contributed by atoms with Gasteiger partial charge in [-0.1, -0.05) is 13.8 Å². The first-order valence-electron chi connectivity index (χ1n) is 8.14. The zero-order valence-electron chi connectivity index (χ0n) is 14.0. The summed E-state index contributed by atoms with van der Waals surface area (Å²) in [5.41, 5.74) is 1.05. The fraction of sp³-hybridized carbons (Fsp3) is 0.556. The van der Waals surface area contributed by atoms with E-state index in [-0.39, 0.29) is 17.5 Å². The number of aryl methyl sites for hydroxylation is 1. The van der Waals surface area contributed by atoms with Gasteiger partial charge in [-0.25, -0.2) is 4.79 Å². The van der Waals surface area contributed by atoms with E-state index >= 15 is 0 Å². The summed E-state index contributed by atoms with van der Waals surface area (Å²) >= 11 is 0. The van der Waals surface area contributed by atoms with Gasteiger partial charge in [-0.2, -0.15) is 0 Å². The number of carbonyl (C=O) groups is 2. The van der Waals surface area contributed by atoms with Crippen LogP contribution in [0.1, 0.15) is 49.0 Å². The molecule has 1 N–H and O–H groups in total. The van der Waals surface area contributed by atoms with E-state index in [0.29, 0.717) is 24.7 Å². The number of ether oxygens (including phenoxy) is 1. The summed E-state index contributed by atoms with van der Waals surface area (Å²) in [6, 6.07) is 4.95. The second kappa shape index (κ2) is 7.49. The van der Waals surface area contributed by atoms with E-state index in [1.807, 2.05) is 25.7 Å². The smallest absolute Gasteiger partial charge is 0.335 e. The summed E-state index contributed by atoms with van der Waals surface area (Å²) in [7, 11) is 0. The molecule has 1 fully saturated rings. The lowest BCUT2D eigenvalue weighted by atomic mass is 10.1. The predicted molar refractivity (Wildman–Crippen MR) is 87.8 cm³/mol. The molecule has 0 spiro atoms. The van der Waals surface area contributed by atoms with Gasteiger partial charge in [0.25, 0.3) is 0 Å². The molecule has 0 saturated carbocycles. The molecule has 0 unspecified atom stereocenters. The Kier molecular flexibility index (Phi) is 5.64. The normalized spacial score (nSPS) is 17.6. The highest BCUT2D eigenvalue weighted by atomic mass is 16.5. The number of carboxylic acid groups (broad SMARTS) is 1. The van der Waals surface area contributed by atoms with Crippen molar-refractivity contribution in [2.24, 2.45) is 5.92 Å². The average Bonchev–Trinajstić information content (AvgIpc) is 2.93. The molecule has 23 heavy (non-hydrogen) atoms. The molecule has 1 atom stereocenters. The Morgan fingerprint density at radius 1 is 1.39 bits per heavy atom. The third kappa shape index (κ3) is 4.47. The monoisotopic (exact) mass is 319 g/mol. The van der Waals surface area contributed by atoms with Gasteiger partial charge in [0.05, 0.1) is 11.6 Å². The first kappa shape index (κ1) is 17.3. The lowest BCUT2D eigenvalue weighted by Gasteiger charge is -2.26. The predicted octanol–water partition coefficient (Wildman–Crippen LogP) is 3.11. The molecule has 0 radical (unpaired) electrons. The maximum Gasteiger partial charge on any atom is 0.335 e. The molecule has 5 nitrogen and oxygen atoms in total.